The Kier molecular flexibility index (Phi) is 4.70. The first kappa shape index (κ1) is 18.0. The van der Waals surface area contributed by atoms with E-state index in [4.69, 9.17) is 9.84 Å². The second-order valence-corrected chi connectivity index (χ2v) is 7.00. The lowest BCUT2D eigenvalue weighted by molar-refractivity contribution is 0.0690. The van der Waals surface area contributed by atoms with Crippen molar-refractivity contribution in [3.8, 4) is 11.5 Å². The number of nitrogens with one attached hydrogen (secondary N) is 2. The Bertz CT molecular complexity index is 1170. The molecule has 28 heavy (non-hydrogen) atoms. The van der Waals surface area contributed by atoms with E-state index in [0.717, 1.165) is 26.8 Å². The first-order chi connectivity index (χ1) is 13.5. The van der Waals surface area contributed by atoms with Crippen LogP contribution in [0, 0.1) is 6.92 Å². The molecule has 0 unspecified atom stereocenters. The molecule has 2 heterocycles. The highest BCUT2D eigenvalue weighted by Crippen LogP contribution is 2.31. The number of fused-ring (bicyclic) bond motifs is 1. The zero-order valence-corrected chi connectivity index (χ0v) is 16.3. The molecule has 0 spiro atoms. The number of rotatable bonds is 5. The third-order valence-electron chi connectivity index (χ3n) is 4.14. The van der Waals surface area contributed by atoms with Crippen molar-refractivity contribution in [2.45, 2.75) is 6.92 Å². The number of anilines is 2. The van der Waals surface area contributed by atoms with Gasteiger partial charge in [0.25, 0.3) is 0 Å². The number of carbonyl (C=O) groups is 1. The number of carboxylic acid groups (broad SMARTS) is 1. The van der Waals surface area contributed by atoms with Gasteiger partial charge in [-0.2, -0.15) is 0 Å². The van der Waals surface area contributed by atoms with Gasteiger partial charge in [0.1, 0.15) is 11.5 Å². The molecule has 4 rings (SSSR count). The Balaban J connectivity index is 1.62. The van der Waals surface area contributed by atoms with Gasteiger partial charge in [-0.1, -0.05) is 15.9 Å². The van der Waals surface area contributed by atoms with Crippen LogP contribution in [0.4, 0.5) is 11.6 Å². The lowest BCUT2D eigenvalue weighted by Crippen LogP contribution is -2.00. The van der Waals surface area contributed by atoms with Crippen LogP contribution in [0.1, 0.15) is 16.1 Å². The number of aryl methyl sites for hydroxylation is 1. The summed E-state index contributed by atoms with van der Waals surface area (Å²) in [4.78, 5) is 22.7. The van der Waals surface area contributed by atoms with Gasteiger partial charge in [-0.25, -0.2) is 14.8 Å². The highest BCUT2D eigenvalue weighted by molar-refractivity contribution is 9.10. The Labute approximate surface area is 168 Å². The Hall–Kier alpha value is -3.39. The number of hydrogen-bond acceptors (Lipinski definition) is 5. The molecule has 0 aliphatic rings. The lowest BCUT2D eigenvalue weighted by atomic mass is 10.2. The van der Waals surface area contributed by atoms with E-state index < -0.39 is 5.97 Å². The molecule has 0 amide bonds. The summed E-state index contributed by atoms with van der Waals surface area (Å²) in [6.45, 7) is 1.90. The second kappa shape index (κ2) is 7.32. The standard InChI is InChI=1S/C20H15BrN4O3/c1-11-17(28-14-8-9-22-16(10-14)19(26)27)7-6-15-18(11)25-20(24-15)23-13-4-2-12(21)3-5-13/h2-10H,1H3,(H,26,27)(H2,23,24,25). The minimum atomic E-state index is -1.10. The molecular formula is C20H15BrN4O3. The van der Waals surface area contributed by atoms with Crippen LogP contribution in [-0.4, -0.2) is 26.0 Å². The highest BCUT2D eigenvalue weighted by Gasteiger charge is 2.12. The predicted molar refractivity (Wildman–Crippen MR) is 110 cm³/mol. The summed E-state index contributed by atoms with van der Waals surface area (Å²) in [6, 6.07) is 14.5. The SMILES string of the molecule is Cc1c(Oc2ccnc(C(=O)O)c2)ccc2[nH]c(Nc3ccc(Br)cc3)nc12. The fourth-order valence-electron chi connectivity index (χ4n) is 2.75. The van der Waals surface area contributed by atoms with Crippen molar-refractivity contribution in [2.75, 3.05) is 5.32 Å². The van der Waals surface area contributed by atoms with E-state index in [2.05, 4.69) is 36.2 Å². The van der Waals surface area contributed by atoms with Crippen LogP contribution in [0.15, 0.2) is 59.2 Å². The summed E-state index contributed by atoms with van der Waals surface area (Å²) in [5, 5.41) is 12.3. The Morgan fingerprint density at radius 3 is 2.71 bits per heavy atom. The number of ether oxygens (including phenoxy) is 1. The van der Waals surface area contributed by atoms with Crippen LogP contribution in [0.5, 0.6) is 11.5 Å². The number of imidazole rings is 1. The third kappa shape index (κ3) is 3.67. The predicted octanol–water partition coefficient (Wildman–Crippen LogP) is 5.26. The van der Waals surface area contributed by atoms with Crippen LogP contribution in [-0.2, 0) is 0 Å². The van der Waals surface area contributed by atoms with Crippen molar-refractivity contribution in [3.05, 3.63) is 70.5 Å². The van der Waals surface area contributed by atoms with Crippen LogP contribution in [0.25, 0.3) is 11.0 Å². The van der Waals surface area contributed by atoms with Gasteiger partial charge in [0.2, 0.25) is 5.95 Å². The minimum absolute atomic E-state index is 0.0722. The molecule has 4 aromatic rings. The second-order valence-electron chi connectivity index (χ2n) is 6.09. The van der Waals surface area contributed by atoms with E-state index in [1.807, 2.05) is 43.3 Å². The molecule has 0 fully saturated rings. The normalized spacial score (nSPS) is 10.8. The number of aromatic amines is 1. The van der Waals surface area contributed by atoms with Gasteiger partial charge in [-0.05, 0) is 49.4 Å². The molecule has 0 saturated carbocycles. The highest BCUT2D eigenvalue weighted by atomic mass is 79.9. The molecule has 0 radical (unpaired) electrons. The molecule has 7 nitrogen and oxygen atoms in total. The van der Waals surface area contributed by atoms with Crippen LogP contribution >= 0.6 is 15.9 Å². The third-order valence-corrected chi connectivity index (χ3v) is 4.67. The van der Waals surface area contributed by atoms with Crippen LogP contribution in [0.3, 0.4) is 0 Å². The maximum Gasteiger partial charge on any atom is 0.354 e. The number of nitrogens with zero attached hydrogens (tertiary/aromatic N) is 2. The number of benzene rings is 2. The van der Waals surface area contributed by atoms with Gasteiger partial charge in [-0.15, -0.1) is 0 Å². The van der Waals surface area contributed by atoms with E-state index in [-0.39, 0.29) is 5.69 Å². The minimum Gasteiger partial charge on any atom is -0.477 e. The molecule has 8 heteroatoms. The van der Waals surface area contributed by atoms with Gasteiger partial charge < -0.3 is 20.1 Å². The van der Waals surface area contributed by atoms with Gasteiger partial charge in [0.05, 0.1) is 11.0 Å². The summed E-state index contributed by atoms with van der Waals surface area (Å²) in [6.07, 6.45) is 1.40. The number of aromatic nitrogens is 3. The topological polar surface area (TPSA) is 100 Å². The molecule has 0 bridgehead atoms. The van der Waals surface area contributed by atoms with Crippen molar-refractivity contribution in [1.29, 1.82) is 0 Å². The van der Waals surface area contributed by atoms with Crippen molar-refractivity contribution < 1.29 is 14.6 Å². The summed E-state index contributed by atoms with van der Waals surface area (Å²) in [7, 11) is 0. The van der Waals surface area contributed by atoms with Crippen molar-refractivity contribution in [3.63, 3.8) is 0 Å². The Morgan fingerprint density at radius 2 is 1.96 bits per heavy atom. The molecular weight excluding hydrogens is 424 g/mol. The quantitative estimate of drug-likeness (QED) is 0.392. The number of aromatic carboxylic acids is 1. The number of hydrogen-bond donors (Lipinski definition) is 3. The lowest BCUT2D eigenvalue weighted by Gasteiger charge is -2.09. The van der Waals surface area contributed by atoms with Gasteiger partial charge >= 0.3 is 5.97 Å². The maximum absolute atomic E-state index is 11.1. The monoisotopic (exact) mass is 438 g/mol. The summed E-state index contributed by atoms with van der Waals surface area (Å²) < 4.78 is 6.87. The van der Waals surface area contributed by atoms with E-state index in [1.165, 1.54) is 12.3 Å². The van der Waals surface area contributed by atoms with Gasteiger partial charge in [0.15, 0.2) is 5.69 Å². The smallest absolute Gasteiger partial charge is 0.354 e. The van der Waals surface area contributed by atoms with E-state index >= 15 is 0 Å². The van der Waals surface area contributed by atoms with E-state index in [1.54, 1.807) is 6.07 Å². The largest absolute Gasteiger partial charge is 0.477 e. The number of H-pyrrole nitrogens is 1. The Morgan fingerprint density at radius 1 is 1.18 bits per heavy atom. The molecule has 0 aliphatic carbocycles. The fraction of sp³-hybridized carbons (Fsp3) is 0.0500. The first-order valence-corrected chi connectivity index (χ1v) is 9.18. The average Bonchev–Trinajstić information content (AvgIpc) is 3.09. The first-order valence-electron chi connectivity index (χ1n) is 8.39. The fourth-order valence-corrected chi connectivity index (χ4v) is 3.02. The molecule has 0 atom stereocenters. The van der Waals surface area contributed by atoms with Crippen molar-refractivity contribution >= 4 is 44.6 Å². The van der Waals surface area contributed by atoms with Gasteiger partial charge in [-0.3, -0.25) is 0 Å². The average molecular weight is 439 g/mol. The van der Waals surface area contributed by atoms with Gasteiger partial charge in [0, 0.05) is 28.0 Å². The van der Waals surface area contributed by atoms with Crippen molar-refractivity contribution in [1.82, 2.24) is 15.0 Å². The molecule has 0 aliphatic heterocycles. The molecule has 2 aromatic heterocycles. The number of pyridine rings is 1. The van der Waals surface area contributed by atoms with Crippen LogP contribution in [0.2, 0.25) is 0 Å². The summed E-state index contributed by atoms with van der Waals surface area (Å²) in [5.74, 6) is 0.513. The molecule has 140 valence electrons. The van der Waals surface area contributed by atoms with E-state index in [0.29, 0.717) is 17.4 Å². The number of carboxylic acids is 1. The molecule has 2 aromatic carbocycles. The summed E-state index contributed by atoms with van der Waals surface area (Å²) in [5.41, 5.74) is 3.31. The zero-order valence-electron chi connectivity index (χ0n) is 14.7. The molecule has 3 N–H and O–H groups in total. The van der Waals surface area contributed by atoms with Crippen molar-refractivity contribution in [2.24, 2.45) is 0 Å². The maximum atomic E-state index is 11.1. The van der Waals surface area contributed by atoms with E-state index in [9.17, 15) is 4.79 Å². The number of halogens is 1. The zero-order chi connectivity index (χ0) is 19.7. The summed E-state index contributed by atoms with van der Waals surface area (Å²) >= 11 is 3.41. The molecule has 0 saturated heterocycles. The van der Waals surface area contributed by atoms with Crippen LogP contribution < -0.4 is 10.1 Å².